The number of nitrogens with two attached hydrogens (primary N) is 1. The third-order valence-electron chi connectivity index (χ3n) is 6.14. The van der Waals surface area contributed by atoms with E-state index in [1.54, 1.807) is 0 Å². The van der Waals surface area contributed by atoms with E-state index in [1.807, 2.05) is 0 Å². The molecule has 3 fully saturated rings. The van der Waals surface area contributed by atoms with Gasteiger partial charge in [-0.15, -0.1) is 0 Å². The molecule has 0 aromatic carbocycles. The lowest BCUT2D eigenvalue weighted by Gasteiger charge is -2.48. The maximum atomic E-state index is 10.6. The van der Waals surface area contributed by atoms with Crippen molar-refractivity contribution in [2.45, 2.75) is 99.0 Å². The predicted molar refractivity (Wildman–Crippen MR) is 102 cm³/mol. The van der Waals surface area contributed by atoms with Gasteiger partial charge in [0.15, 0.2) is 18.9 Å². The largest absolute Gasteiger partial charge is 0.394 e. The van der Waals surface area contributed by atoms with E-state index in [9.17, 15) is 46.0 Å². The van der Waals surface area contributed by atoms with Crippen LogP contribution in [0.5, 0.6) is 0 Å². The van der Waals surface area contributed by atoms with Gasteiger partial charge >= 0.3 is 0 Å². The molecule has 33 heavy (non-hydrogen) atoms. The lowest BCUT2D eigenvalue weighted by molar-refractivity contribution is -0.381. The molecule has 0 amide bonds. The van der Waals surface area contributed by atoms with Crippen molar-refractivity contribution in [3.05, 3.63) is 0 Å². The van der Waals surface area contributed by atoms with Crippen LogP contribution in [0.3, 0.4) is 0 Å². The second-order valence-corrected chi connectivity index (χ2v) is 8.41. The van der Waals surface area contributed by atoms with Crippen LogP contribution < -0.4 is 5.73 Å². The first-order valence-electron chi connectivity index (χ1n) is 10.5. The van der Waals surface area contributed by atoms with Crippen molar-refractivity contribution >= 4 is 0 Å². The molecule has 15 nitrogen and oxygen atoms in total. The molecule has 0 spiro atoms. The van der Waals surface area contributed by atoms with Crippen molar-refractivity contribution in [3.8, 4) is 0 Å². The molecular formula is C18H33NO14. The molecule has 0 aromatic rings. The Labute approximate surface area is 188 Å². The summed E-state index contributed by atoms with van der Waals surface area (Å²) in [6.07, 6.45) is -21.3. The highest BCUT2D eigenvalue weighted by Crippen LogP contribution is 2.32. The van der Waals surface area contributed by atoms with E-state index in [0.717, 1.165) is 0 Å². The van der Waals surface area contributed by atoms with Gasteiger partial charge in [0.1, 0.15) is 61.0 Å². The topological polar surface area (TPSA) is 254 Å². The predicted octanol–water partition coefficient (Wildman–Crippen LogP) is -6.58. The molecule has 0 unspecified atom stereocenters. The Morgan fingerprint density at radius 2 is 1.24 bits per heavy atom. The number of hydrogen-bond donors (Lipinski definition) is 10. The number of ether oxygens (including phenoxy) is 5. The third kappa shape index (κ3) is 5.32. The van der Waals surface area contributed by atoms with Crippen molar-refractivity contribution in [2.24, 2.45) is 5.73 Å². The van der Waals surface area contributed by atoms with E-state index in [-0.39, 0.29) is 0 Å². The van der Waals surface area contributed by atoms with Crippen LogP contribution >= 0.6 is 0 Å². The number of aliphatic hydroxyl groups excluding tert-OH is 9. The molecule has 3 heterocycles. The molecule has 0 radical (unpaired) electrons. The Kier molecular flexibility index (Phi) is 8.99. The maximum Gasteiger partial charge on any atom is 0.187 e. The van der Waals surface area contributed by atoms with E-state index < -0.39 is 105 Å². The lowest BCUT2D eigenvalue weighted by atomic mass is 9.95. The summed E-state index contributed by atoms with van der Waals surface area (Å²) in [6, 6.07) is -1.33. The third-order valence-corrected chi connectivity index (χ3v) is 6.14. The van der Waals surface area contributed by atoms with Crippen molar-refractivity contribution in [1.29, 1.82) is 0 Å². The first-order chi connectivity index (χ1) is 15.5. The van der Waals surface area contributed by atoms with Gasteiger partial charge in [-0.1, -0.05) is 0 Å². The molecule has 0 saturated carbocycles. The second kappa shape index (κ2) is 11.0. The van der Waals surface area contributed by atoms with Gasteiger partial charge in [-0.05, 0) is 6.92 Å². The average molecular weight is 487 g/mol. The quantitative estimate of drug-likeness (QED) is 0.167. The van der Waals surface area contributed by atoms with E-state index in [0.29, 0.717) is 0 Å². The van der Waals surface area contributed by atoms with Gasteiger partial charge in [-0.25, -0.2) is 0 Å². The molecule has 194 valence electrons. The van der Waals surface area contributed by atoms with Gasteiger partial charge < -0.3 is 75.4 Å². The van der Waals surface area contributed by atoms with Crippen molar-refractivity contribution < 1.29 is 69.6 Å². The van der Waals surface area contributed by atoms with Crippen LogP contribution in [0, 0.1) is 0 Å². The summed E-state index contributed by atoms with van der Waals surface area (Å²) in [5.74, 6) is 0. The molecule has 3 aliphatic rings. The van der Waals surface area contributed by atoms with E-state index in [4.69, 9.17) is 29.4 Å². The minimum absolute atomic E-state index is 0.704. The Morgan fingerprint density at radius 1 is 0.636 bits per heavy atom. The highest BCUT2D eigenvalue weighted by Gasteiger charge is 2.53. The van der Waals surface area contributed by atoms with Gasteiger partial charge in [0.2, 0.25) is 0 Å². The molecule has 3 aliphatic heterocycles. The molecule has 15 atom stereocenters. The van der Waals surface area contributed by atoms with Gasteiger partial charge in [-0.3, -0.25) is 0 Å². The Balaban J connectivity index is 1.83. The molecule has 15 heteroatoms. The number of aliphatic hydroxyl groups is 9. The summed E-state index contributed by atoms with van der Waals surface area (Å²) < 4.78 is 27.2. The van der Waals surface area contributed by atoms with Crippen LogP contribution in [-0.4, -0.2) is 151 Å². The SMILES string of the molecule is C[C@@H]1O[C@@H](O[C@H]2[C@H](O[C@H]3[C@H](O)[C@@H](N)[C@H](O)O[C@@H]3CO)O[C@H](CO)[C@H](O)[C@@H]2O)[C@@H](O)[C@H](O)[C@@H]1O. The summed E-state index contributed by atoms with van der Waals surface area (Å²) in [5.41, 5.74) is 5.69. The summed E-state index contributed by atoms with van der Waals surface area (Å²) in [5, 5.41) is 90.3. The Morgan fingerprint density at radius 3 is 1.85 bits per heavy atom. The molecule has 0 aliphatic carbocycles. The Hall–Kier alpha value is -0.600. The van der Waals surface area contributed by atoms with E-state index >= 15 is 0 Å². The smallest absolute Gasteiger partial charge is 0.187 e. The van der Waals surface area contributed by atoms with Crippen LogP contribution in [0.15, 0.2) is 0 Å². The molecular weight excluding hydrogens is 454 g/mol. The average Bonchev–Trinajstić information content (AvgIpc) is 2.80. The molecule has 0 aromatic heterocycles. The standard InChI is InChI=1S/C18H33NO14/c1-4-8(22)11(25)13(27)17(29-4)33-15-12(26)9(23)5(2-20)31-18(15)32-14-6(3-21)30-16(28)7(19)10(14)24/h4-18,20-28H,2-3,19H2,1H3/t4-,5+,6+,7+,8+,9-,10+,11+,12-,13-,14+,15+,16+,17-,18-/m0/s1. The van der Waals surface area contributed by atoms with Gasteiger partial charge in [0, 0.05) is 0 Å². The zero-order chi connectivity index (χ0) is 24.6. The fraction of sp³-hybridized carbons (Fsp3) is 1.00. The molecule has 3 rings (SSSR count). The van der Waals surface area contributed by atoms with Crippen LogP contribution in [-0.2, 0) is 23.7 Å². The zero-order valence-electron chi connectivity index (χ0n) is 17.7. The molecule has 11 N–H and O–H groups in total. The van der Waals surface area contributed by atoms with Crippen molar-refractivity contribution in [1.82, 2.24) is 0 Å². The maximum absolute atomic E-state index is 10.6. The fourth-order valence-corrected chi connectivity index (χ4v) is 4.02. The summed E-state index contributed by atoms with van der Waals surface area (Å²) >= 11 is 0. The normalized spacial score (nSPS) is 53.7. The first-order valence-corrected chi connectivity index (χ1v) is 10.5. The highest BCUT2D eigenvalue weighted by atomic mass is 16.8. The number of hydrogen-bond acceptors (Lipinski definition) is 15. The lowest BCUT2D eigenvalue weighted by Crippen LogP contribution is -2.67. The van der Waals surface area contributed by atoms with Gasteiger partial charge in [0.05, 0.1) is 25.4 Å². The monoisotopic (exact) mass is 487 g/mol. The molecule has 0 bridgehead atoms. The zero-order valence-corrected chi connectivity index (χ0v) is 17.7. The number of rotatable bonds is 6. The first kappa shape index (κ1) is 27.0. The van der Waals surface area contributed by atoms with Crippen LogP contribution in [0.25, 0.3) is 0 Å². The second-order valence-electron chi connectivity index (χ2n) is 8.41. The Bertz CT molecular complexity index is 629. The minimum Gasteiger partial charge on any atom is -0.394 e. The van der Waals surface area contributed by atoms with Gasteiger partial charge in [0.25, 0.3) is 0 Å². The summed E-state index contributed by atoms with van der Waals surface area (Å²) in [6.45, 7) is -0.0338. The summed E-state index contributed by atoms with van der Waals surface area (Å²) in [4.78, 5) is 0. The van der Waals surface area contributed by atoms with Crippen molar-refractivity contribution in [2.75, 3.05) is 13.2 Å². The van der Waals surface area contributed by atoms with Crippen LogP contribution in [0.2, 0.25) is 0 Å². The molecule has 3 saturated heterocycles. The van der Waals surface area contributed by atoms with Crippen LogP contribution in [0.4, 0.5) is 0 Å². The van der Waals surface area contributed by atoms with E-state index in [2.05, 4.69) is 0 Å². The van der Waals surface area contributed by atoms with Crippen molar-refractivity contribution in [3.63, 3.8) is 0 Å². The fourth-order valence-electron chi connectivity index (χ4n) is 4.02. The minimum atomic E-state index is -1.77. The van der Waals surface area contributed by atoms with Crippen LogP contribution in [0.1, 0.15) is 6.92 Å². The highest BCUT2D eigenvalue weighted by molar-refractivity contribution is 4.96. The van der Waals surface area contributed by atoms with E-state index in [1.165, 1.54) is 6.92 Å². The summed E-state index contributed by atoms with van der Waals surface area (Å²) in [7, 11) is 0. The van der Waals surface area contributed by atoms with Gasteiger partial charge in [-0.2, -0.15) is 0 Å².